The maximum atomic E-state index is 11.8. The predicted molar refractivity (Wildman–Crippen MR) is 124 cm³/mol. The summed E-state index contributed by atoms with van der Waals surface area (Å²) in [6, 6.07) is 0. The van der Waals surface area contributed by atoms with Crippen LogP contribution in [0.25, 0.3) is 0 Å². The van der Waals surface area contributed by atoms with Gasteiger partial charge in [-0.05, 0) is 13.5 Å². The Balaban J connectivity index is 0.00000729. The highest BCUT2D eigenvalue weighted by atomic mass is 127. The van der Waals surface area contributed by atoms with Gasteiger partial charge in [-0.15, -0.1) is 24.0 Å². The van der Waals surface area contributed by atoms with E-state index in [0.29, 0.717) is 5.96 Å². The minimum Gasteiger partial charge on any atom is -0.385 e. The summed E-state index contributed by atoms with van der Waals surface area (Å²) in [5, 5.41) is 6.66. The lowest BCUT2D eigenvalue weighted by Crippen LogP contribution is -2.46. The molecule has 0 aromatic heterocycles. The summed E-state index contributed by atoms with van der Waals surface area (Å²) >= 11 is 0. The van der Waals surface area contributed by atoms with Gasteiger partial charge in [0.25, 0.3) is 0 Å². The first-order chi connectivity index (χ1) is 13.0. The first-order valence-electron chi connectivity index (χ1n) is 9.73. The second-order valence-electron chi connectivity index (χ2n) is 6.91. The van der Waals surface area contributed by atoms with Crippen LogP contribution in [0.1, 0.15) is 6.42 Å². The highest BCUT2D eigenvalue weighted by molar-refractivity contribution is 14.0. The van der Waals surface area contributed by atoms with Gasteiger partial charge >= 0.3 is 0 Å². The molecule has 0 aromatic rings. The number of morpholine rings is 1. The van der Waals surface area contributed by atoms with Gasteiger partial charge in [0.05, 0.1) is 13.2 Å². The maximum absolute atomic E-state index is 11.8. The van der Waals surface area contributed by atoms with Crippen molar-refractivity contribution in [2.75, 3.05) is 100 Å². The standard InChI is InChI=1S/C18H38N6O3.HI/c1-22(2)17(25)16-21-18(19-6-9-23(3)8-5-13-26-4)20-7-10-24-11-14-27-15-12-24;/h5-16H2,1-4H3,(H2,19,20,21);1H. The van der Waals surface area contributed by atoms with Crippen LogP contribution in [0.3, 0.4) is 0 Å². The smallest absolute Gasteiger partial charge is 0.243 e. The van der Waals surface area contributed by atoms with Crippen molar-refractivity contribution >= 4 is 35.8 Å². The van der Waals surface area contributed by atoms with Crippen molar-refractivity contribution in [3.63, 3.8) is 0 Å². The molecule has 1 fully saturated rings. The van der Waals surface area contributed by atoms with Crippen molar-refractivity contribution < 1.29 is 14.3 Å². The molecule has 1 aliphatic rings. The van der Waals surface area contributed by atoms with Gasteiger partial charge < -0.3 is 29.9 Å². The number of ether oxygens (including phenoxy) is 2. The largest absolute Gasteiger partial charge is 0.385 e. The first-order valence-corrected chi connectivity index (χ1v) is 9.73. The van der Waals surface area contributed by atoms with E-state index in [1.165, 1.54) is 0 Å². The molecule has 0 atom stereocenters. The zero-order valence-electron chi connectivity index (χ0n) is 17.9. The monoisotopic (exact) mass is 514 g/mol. The molecular formula is C18H39IN6O3. The van der Waals surface area contributed by atoms with Crippen molar-refractivity contribution in [2.45, 2.75) is 6.42 Å². The Labute approximate surface area is 187 Å². The van der Waals surface area contributed by atoms with Crippen LogP contribution in [0.4, 0.5) is 0 Å². The Kier molecular flexibility index (Phi) is 16.8. The fourth-order valence-electron chi connectivity index (χ4n) is 2.58. The van der Waals surface area contributed by atoms with Crippen molar-refractivity contribution in [3.05, 3.63) is 0 Å². The highest BCUT2D eigenvalue weighted by Crippen LogP contribution is 1.94. The Bertz CT molecular complexity index is 434. The van der Waals surface area contributed by atoms with Crippen LogP contribution in [-0.4, -0.2) is 127 Å². The molecule has 0 radical (unpaired) electrons. The maximum Gasteiger partial charge on any atom is 0.243 e. The van der Waals surface area contributed by atoms with Crippen LogP contribution >= 0.6 is 24.0 Å². The number of halogens is 1. The van der Waals surface area contributed by atoms with E-state index in [4.69, 9.17) is 9.47 Å². The van der Waals surface area contributed by atoms with Crippen molar-refractivity contribution in [1.29, 1.82) is 0 Å². The molecule has 1 heterocycles. The molecule has 0 bridgehead atoms. The first kappa shape index (κ1) is 27.3. The van der Waals surface area contributed by atoms with Gasteiger partial charge in [-0.3, -0.25) is 9.69 Å². The number of hydrogen-bond acceptors (Lipinski definition) is 6. The number of carbonyl (C=O) groups is 1. The van der Waals surface area contributed by atoms with Crippen LogP contribution in [0.15, 0.2) is 4.99 Å². The fourth-order valence-corrected chi connectivity index (χ4v) is 2.58. The van der Waals surface area contributed by atoms with Crippen LogP contribution in [0.2, 0.25) is 0 Å². The number of nitrogens with one attached hydrogen (secondary N) is 2. The lowest BCUT2D eigenvalue weighted by molar-refractivity contribution is -0.127. The van der Waals surface area contributed by atoms with E-state index in [-0.39, 0.29) is 36.4 Å². The molecule has 166 valence electrons. The summed E-state index contributed by atoms with van der Waals surface area (Å²) in [4.78, 5) is 22.4. The van der Waals surface area contributed by atoms with Crippen molar-refractivity contribution in [3.8, 4) is 0 Å². The van der Waals surface area contributed by atoms with E-state index in [2.05, 4.69) is 32.5 Å². The zero-order chi connectivity index (χ0) is 19.9. The lowest BCUT2D eigenvalue weighted by atomic mass is 10.4. The molecule has 0 aliphatic carbocycles. The quantitative estimate of drug-likeness (QED) is 0.158. The van der Waals surface area contributed by atoms with Gasteiger partial charge in [0.15, 0.2) is 5.96 Å². The van der Waals surface area contributed by atoms with E-state index in [1.807, 2.05) is 0 Å². The zero-order valence-corrected chi connectivity index (χ0v) is 20.2. The number of methoxy groups -OCH3 is 1. The molecule has 2 N–H and O–H groups in total. The van der Waals surface area contributed by atoms with Gasteiger partial charge in [-0.2, -0.15) is 0 Å². The van der Waals surface area contributed by atoms with Crippen LogP contribution in [0, 0.1) is 0 Å². The molecule has 10 heteroatoms. The summed E-state index contributed by atoms with van der Waals surface area (Å²) < 4.78 is 10.5. The average Bonchev–Trinajstić information content (AvgIpc) is 2.66. The topological polar surface area (TPSA) is 81.7 Å². The molecule has 28 heavy (non-hydrogen) atoms. The van der Waals surface area contributed by atoms with Crippen molar-refractivity contribution in [2.24, 2.45) is 4.99 Å². The molecule has 0 unspecified atom stereocenters. The number of guanidine groups is 1. The summed E-state index contributed by atoms with van der Waals surface area (Å²) in [5.74, 6) is 0.671. The van der Waals surface area contributed by atoms with Crippen LogP contribution in [0.5, 0.6) is 0 Å². The summed E-state index contributed by atoms with van der Waals surface area (Å²) in [6.45, 7) is 8.82. The Morgan fingerprint density at radius 3 is 2.46 bits per heavy atom. The van der Waals surface area contributed by atoms with Gasteiger partial charge in [-0.1, -0.05) is 0 Å². The highest BCUT2D eigenvalue weighted by Gasteiger charge is 2.10. The lowest BCUT2D eigenvalue weighted by Gasteiger charge is -2.27. The molecule has 1 aliphatic heterocycles. The van der Waals surface area contributed by atoms with Crippen LogP contribution < -0.4 is 10.6 Å². The summed E-state index contributed by atoms with van der Waals surface area (Å²) in [7, 11) is 7.30. The van der Waals surface area contributed by atoms with E-state index in [9.17, 15) is 4.79 Å². The van der Waals surface area contributed by atoms with Gasteiger partial charge in [0.2, 0.25) is 5.91 Å². The molecular weight excluding hydrogens is 475 g/mol. The number of rotatable bonds is 12. The van der Waals surface area contributed by atoms with E-state index in [1.54, 1.807) is 26.1 Å². The Hall–Kier alpha value is -0.690. The fraction of sp³-hybridized carbons (Fsp3) is 0.889. The summed E-state index contributed by atoms with van der Waals surface area (Å²) in [5.41, 5.74) is 0. The second kappa shape index (κ2) is 17.2. The van der Waals surface area contributed by atoms with Gasteiger partial charge in [0, 0.05) is 73.6 Å². The number of carbonyl (C=O) groups excluding carboxylic acids is 1. The molecule has 0 saturated carbocycles. The Morgan fingerprint density at radius 2 is 1.82 bits per heavy atom. The number of likely N-dealkylation sites (N-methyl/N-ethyl adjacent to an activating group) is 2. The molecule has 0 aromatic carbocycles. The minimum atomic E-state index is -0.0130. The van der Waals surface area contributed by atoms with Crippen molar-refractivity contribution in [1.82, 2.24) is 25.3 Å². The van der Waals surface area contributed by atoms with E-state index >= 15 is 0 Å². The third-order valence-corrected chi connectivity index (χ3v) is 4.37. The third-order valence-electron chi connectivity index (χ3n) is 4.37. The van der Waals surface area contributed by atoms with Crippen LogP contribution in [-0.2, 0) is 14.3 Å². The predicted octanol–water partition coefficient (Wildman–Crippen LogP) is -0.472. The second-order valence-corrected chi connectivity index (χ2v) is 6.91. The van der Waals surface area contributed by atoms with E-state index in [0.717, 1.165) is 72.1 Å². The average molecular weight is 514 g/mol. The Morgan fingerprint density at radius 1 is 1.14 bits per heavy atom. The van der Waals surface area contributed by atoms with Gasteiger partial charge in [-0.25, -0.2) is 4.99 Å². The van der Waals surface area contributed by atoms with E-state index < -0.39 is 0 Å². The number of amides is 1. The minimum absolute atomic E-state index is 0. The van der Waals surface area contributed by atoms with Gasteiger partial charge in [0.1, 0.15) is 6.54 Å². The number of nitrogens with zero attached hydrogens (tertiary/aromatic N) is 4. The molecule has 1 rings (SSSR count). The number of hydrogen-bond donors (Lipinski definition) is 2. The molecule has 1 amide bonds. The molecule has 0 spiro atoms. The normalized spacial score (nSPS) is 15.2. The number of aliphatic imine (C=N–C) groups is 1. The SMILES string of the molecule is COCCCN(C)CCNC(=NCC(=O)N(C)C)NCCN1CCOCC1.I. The third kappa shape index (κ3) is 13.5. The summed E-state index contributed by atoms with van der Waals surface area (Å²) in [6.07, 6.45) is 1.02. The molecule has 1 saturated heterocycles. The molecule has 9 nitrogen and oxygen atoms in total.